The van der Waals surface area contributed by atoms with Crippen LogP contribution >= 0.6 is 23.2 Å². The van der Waals surface area contributed by atoms with Gasteiger partial charge in [-0.15, -0.1) is 11.6 Å². The monoisotopic (exact) mass is 570 g/mol. The van der Waals surface area contributed by atoms with E-state index in [0.717, 1.165) is 80.4 Å². The van der Waals surface area contributed by atoms with E-state index in [4.69, 9.17) is 42.1 Å². The van der Waals surface area contributed by atoms with Gasteiger partial charge in [0.1, 0.15) is 18.8 Å². The average Bonchev–Trinajstić information content (AvgIpc) is 2.98. The van der Waals surface area contributed by atoms with E-state index in [-0.39, 0.29) is 6.10 Å². The molecule has 1 atom stereocenters. The SMILES string of the molecule is N#Cc1cc2c(c(Cl)c1OCCCl)CCC=C2c1ccc(OC2CCC(OCCC3CCCCO3)CC2)nc1. The molecule has 1 saturated carbocycles. The first-order valence-electron chi connectivity index (χ1n) is 14.2. The van der Waals surface area contributed by atoms with Crippen molar-refractivity contribution in [2.45, 2.75) is 82.5 Å². The van der Waals surface area contributed by atoms with Crippen molar-refractivity contribution in [3.63, 3.8) is 0 Å². The highest BCUT2D eigenvalue weighted by Gasteiger charge is 2.25. The smallest absolute Gasteiger partial charge is 0.213 e. The molecule has 0 bridgehead atoms. The van der Waals surface area contributed by atoms with E-state index in [1.54, 1.807) is 0 Å². The van der Waals surface area contributed by atoms with Gasteiger partial charge in [-0.1, -0.05) is 17.7 Å². The summed E-state index contributed by atoms with van der Waals surface area (Å²) in [5.41, 5.74) is 4.34. The Labute approximate surface area is 241 Å². The number of nitrogens with zero attached hydrogens (tertiary/aromatic N) is 2. The third-order valence-electron chi connectivity index (χ3n) is 7.82. The van der Waals surface area contributed by atoms with Gasteiger partial charge in [0.05, 0.1) is 28.7 Å². The molecule has 2 aromatic rings. The number of alkyl halides is 1. The van der Waals surface area contributed by atoms with Crippen LogP contribution in [-0.4, -0.2) is 49.0 Å². The normalized spacial score (nSPS) is 22.9. The van der Waals surface area contributed by atoms with Gasteiger partial charge in [0, 0.05) is 31.0 Å². The highest BCUT2D eigenvalue weighted by molar-refractivity contribution is 6.33. The number of ether oxygens (including phenoxy) is 4. The van der Waals surface area contributed by atoms with Crippen molar-refractivity contribution in [1.82, 2.24) is 4.98 Å². The molecule has 208 valence electrons. The molecule has 0 amide bonds. The lowest BCUT2D eigenvalue weighted by atomic mass is 9.86. The Morgan fingerprint density at radius 2 is 1.92 bits per heavy atom. The van der Waals surface area contributed by atoms with Gasteiger partial charge in [0.15, 0.2) is 5.75 Å². The number of hydrogen-bond acceptors (Lipinski definition) is 6. The van der Waals surface area contributed by atoms with Gasteiger partial charge in [-0.3, -0.25) is 0 Å². The molecular weight excluding hydrogens is 535 g/mol. The summed E-state index contributed by atoms with van der Waals surface area (Å²) in [5.74, 6) is 1.38. The van der Waals surface area contributed by atoms with Crippen LogP contribution in [0.5, 0.6) is 11.6 Å². The van der Waals surface area contributed by atoms with E-state index >= 15 is 0 Å². The summed E-state index contributed by atoms with van der Waals surface area (Å²) < 4.78 is 23.9. The molecule has 0 radical (unpaired) electrons. The fourth-order valence-corrected chi connectivity index (χ4v) is 6.19. The van der Waals surface area contributed by atoms with Gasteiger partial charge in [-0.05, 0) is 93.0 Å². The Morgan fingerprint density at radius 1 is 1.08 bits per heavy atom. The van der Waals surface area contributed by atoms with Crippen molar-refractivity contribution in [3.8, 4) is 17.7 Å². The number of halogens is 2. The summed E-state index contributed by atoms with van der Waals surface area (Å²) in [6.45, 7) is 1.98. The molecular formula is C31H36Cl2N2O4. The van der Waals surface area contributed by atoms with Crippen LogP contribution in [0, 0.1) is 11.3 Å². The zero-order valence-electron chi connectivity index (χ0n) is 22.3. The molecule has 0 N–H and O–H groups in total. The fourth-order valence-electron chi connectivity index (χ4n) is 5.76. The Bertz CT molecular complexity index is 1180. The van der Waals surface area contributed by atoms with Crippen LogP contribution < -0.4 is 9.47 Å². The zero-order chi connectivity index (χ0) is 27.0. The van der Waals surface area contributed by atoms with Gasteiger partial charge in [-0.25, -0.2) is 4.98 Å². The third-order valence-corrected chi connectivity index (χ3v) is 8.38. The van der Waals surface area contributed by atoms with E-state index in [2.05, 4.69) is 17.1 Å². The second kappa shape index (κ2) is 13.9. The minimum absolute atomic E-state index is 0.155. The lowest BCUT2D eigenvalue weighted by Gasteiger charge is -2.29. The first-order chi connectivity index (χ1) is 19.2. The van der Waals surface area contributed by atoms with E-state index in [1.165, 1.54) is 19.3 Å². The minimum atomic E-state index is 0.155. The van der Waals surface area contributed by atoms with E-state index in [9.17, 15) is 5.26 Å². The summed E-state index contributed by atoms with van der Waals surface area (Å²) in [5, 5.41) is 10.2. The molecule has 1 saturated heterocycles. The average molecular weight is 572 g/mol. The van der Waals surface area contributed by atoms with Crippen LogP contribution in [0.4, 0.5) is 0 Å². The number of fused-ring (bicyclic) bond motifs is 1. The largest absolute Gasteiger partial charge is 0.489 e. The highest BCUT2D eigenvalue weighted by Crippen LogP contribution is 2.42. The second-order valence-corrected chi connectivity index (χ2v) is 11.2. The Balaban J connectivity index is 1.16. The number of benzene rings is 1. The van der Waals surface area contributed by atoms with Crippen LogP contribution in [0.15, 0.2) is 30.5 Å². The Kier molecular flexibility index (Phi) is 10.0. The topological polar surface area (TPSA) is 73.6 Å². The van der Waals surface area contributed by atoms with E-state index < -0.39 is 0 Å². The van der Waals surface area contributed by atoms with Crippen LogP contribution in [0.1, 0.15) is 80.0 Å². The number of nitriles is 1. The van der Waals surface area contributed by atoms with Crippen molar-refractivity contribution in [2.24, 2.45) is 0 Å². The summed E-state index contributed by atoms with van der Waals surface area (Å²) >= 11 is 12.5. The van der Waals surface area contributed by atoms with Crippen LogP contribution in [0.2, 0.25) is 5.02 Å². The maximum atomic E-state index is 9.72. The summed E-state index contributed by atoms with van der Waals surface area (Å²) in [4.78, 5) is 4.62. The molecule has 39 heavy (non-hydrogen) atoms. The number of rotatable bonds is 10. The van der Waals surface area contributed by atoms with Crippen LogP contribution in [-0.2, 0) is 15.9 Å². The number of aromatic nitrogens is 1. The standard InChI is InChI=1S/C31H36Cl2N2O4/c32-14-17-38-31-22(19-34)18-28-26(5-3-6-27(28)30(31)33)21-7-12-29(35-20-21)39-25-10-8-24(9-11-25)37-16-13-23-4-1-2-15-36-23/h5,7,12,18,20,23-25H,1-4,6,8-11,13-17H2. The molecule has 1 aromatic carbocycles. The van der Waals surface area contributed by atoms with Crippen LogP contribution in [0.3, 0.4) is 0 Å². The number of pyridine rings is 1. The molecule has 8 heteroatoms. The lowest BCUT2D eigenvalue weighted by Crippen LogP contribution is -2.29. The zero-order valence-corrected chi connectivity index (χ0v) is 23.8. The maximum Gasteiger partial charge on any atom is 0.213 e. The summed E-state index contributed by atoms with van der Waals surface area (Å²) in [6, 6.07) is 8.05. The van der Waals surface area contributed by atoms with Gasteiger partial charge in [0.2, 0.25) is 5.88 Å². The van der Waals surface area contributed by atoms with E-state index in [0.29, 0.717) is 46.9 Å². The molecule has 2 fully saturated rings. The van der Waals surface area contributed by atoms with Gasteiger partial charge in [-0.2, -0.15) is 5.26 Å². The second-order valence-electron chi connectivity index (χ2n) is 10.4. The predicted octanol–water partition coefficient (Wildman–Crippen LogP) is 7.27. The fraction of sp³-hybridized carbons (Fsp3) is 0.548. The molecule has 2 aliphatic carbocycles. The molecule has 3 aliphatic rings. The highest BCUT2D eigenvalue weighted by atomic mass is 35.5. The summed E-state index contributed by atoms with van der Waals surface area (Å²) in [7, 11) is 0. The number of hydrogen-bond donors (Lipinski definition) is 0. The number of allylic oxidation sites excluding steroid dienone is 1. The van der Waals surface area contributed by atoms with E-state index in [1.807, 2.05) is 24.4 Å². The molecule has 2 heterocycles. The molecule has 0 spiro atoms. The van der Waals surface area contributed by atoms with Gasteiger partial charge < -0.3 is 18.9 Å². The van der Waals surface area contributed by atoms with Gasteiger partial charge >= 0.3 is 0 Å². The molecule has 1 aliphatic heterocycles. The molecule has 6 nitrogen and oxygen atoms in total. The van der Waals surface area contributed by atoms with Crippen molar-refractivity contribution in [3.05, 3.63) is 57.7 Å². The first kappa shape index (κ1) is 28.2. The molecule has 1 unspecified atom stereocenters. The van der Waals surface area contributed by atoms with Crippen molar-refractivity contribution < 1.29 is 18.9 Å². The Hall–Kier alpha value is -2.30. The predicted molar refractivity (Wildman–Crippen MR) is 153 cm³/mol. The quantitative estimate of drug-likeness (QED) is 0.279. The third kappa shape index (κ3) is 7.08. The molecule has 5 rings (SSSR count). The summed E-state index contributed by atoms with van der Waals surface area (Å²) in [6.07, 6.45) is 15.1. The van der Waals surface area contributed by atoms with Crippen molar-refractivity contribution in [2.75, 3.05) is 25.7 Å². The minimum Gasteiger partial charge on any atom is -0.489 e. The van der Waals surface area contributed by atoms with Crippen LogP contribution in [0.25, 0.3) is 5.57 Å². The Morgan fingerprint density at radius 3 is 2.64 bits per heavy atom. The lowest BCUT2D eigenvalue weighted by molar-refractivity contribution is -0.0367. The van der Waals surface area contributed by atoms with Crippen molar-refractivity contribution in [1.29, 1.82) is 5.26 Å². The van der Waals surface area contributed by atoms with Gasteiger partial charge in [0.25, 0.3) is 0 Å². The molecule has 1 aromatic heterocycles. The van der Waals surface area contributed by atoms with Crippen molar-refractivity contribution >= 4 is 28.8 Å². The maximum absolute atomic E-state index is 9.72. The first-order valence-corrected chi connectivity index (χ1v) is 15.1.